The molecule has 1 unspecified atom stereocenters. The molecule has 0 saturated heterocycles. The molecule has 0 aliphatic heterocycles. The quantitative estimate of drug-likeness (QED) is 0.427. The van der Waals surface area contributed by atoms with Crippen LogP contribution in [0.5, 0.6) is 0 Å². The Hall–Kier alpha value is -2.69. The minimum Gasteiger partial charge on any atom is -0.460 e. The van der Waals surface area contributed by atoms with E-state index in [4.69, 9.17) is 4.74 Å². The van der Waals surface area contributed by atoms with Crippen LogP contribution in [-0.4, -0.2) is 16.5 Å². The van der Waals surface area contributed by atoms with Gasteiger partial charge in [0.15, 0.2) is 0 Å². The lowest BCUT2D eigenvalue weighted by molar-refractivity contribution is -0.385. The number of esters is 1. The fourth-order valence-corrected chi connectivity index (χ4v) is 4.54. The van der Waals surface area contributed by atoms with Crippen LogP contribution in [-0.2, 0) is 35.2 Å². The van der Waals surface area contributed by atoms with E-state index in [0.29, 0.717) is 12.8 Å². The van der Waals surface area contributed by atoms with Gasteiger partial charge in [-0.2, -0.15) is 0 Å². The summed E-state index contributed by atoms with van der Waals surface area (Å²) in [6.45, 7) is 5.69. The molecule has 2 aliphatic rings. The van der Waals surface area contributed by atoms with Crippen molar-refractivity contribution < 1.29 is 14.5 Å². The lowest BCUT2D eigenvalue weighted by Crippen LogP contribution is -2.32. The third-order valence-corrected chi connectivity index (χ3v) is 5.74. The second-order valence-electron chi connectivity index (χ2n) is 8.76. The van der Waals surface area contributed by atoms with Crippen LogP contribution >= 0.6 is 0 Å². The Bertz CT molecular complexity index is 971. The summed E-state index contributed by atoms with van der Waals surface area (Å²) in [5, 5.41) is 11.4. The van der Waals surface area contributed by atoms with Gasteiger partial charge >= 0.3 is 5.97 Å². The molecule has 0 fully saturated rings. The summed E-state index contributed by atoms with van der Waals surface area (Å²) < 4.78 is 5.62. The number of hydrogen-bond acceptors (Lipinski definition) is 4. The molecule has 0 spiro atoms. The maximum absolute atomic E-state index is 12.6. The summed E-state index contributed by atoms with van der Waals surface area (Å²) in [5.74, 6) is -0.243. The maximum atomic E-state index is 12.6. The standard InChI is InChI=1S/C23H25NO4/c1-23(2,3)28-22(25)15-8-7-14-9-10-17-16-5-4-6-21(24(26)27)19(16)12-11-18(17)20(14)13-15/h4-6,9-10,15H,7-8,11-13H2,1-3H3. The van der Waals surface area contributed by atoms with Crippen LogP contribution in [0.4, 0.5) is 5.69 Å². The van der Waals surface area contributed by atoms with Crippen LogP contribution in [0.15, 0.2) is 30.3 Å². The van der Waals surface area contributed by atoms with E-state index in [0.717, 1.165) is 36.0 Å². The van der Waals surface area contributed by atoms with Crippen molar-refractivity contribution in [2.45, 2.75) is 58.5 Å². The molecule has 0 bridgehead atoms. The molecule has 0 saturated carbocycles. The molecule has 2 aromatic carbocycles. The highest BCUT2D eigenvalue weighted by molar-refractivity contribution is 5.79. The van der Waals surface area contributed by atoms with Gasteiger partial charge in [0.25, 0.3) is 5.69 Å². The first-order valence-electron chi connectivity index (χ1n) is 9.88. The van der Waals surface area contributed by atoms with Crippen LogP contribution < -0.4 is 0 Å². The third kappa shape index (κ3) is 3.30. The van der Waals surface area contributed by atoms with Crippen molar-refractivity contribution in [1.82, 2.24) is 0 Å². The number of rotatable bonds is 2. The third-order valence-electron chi connectivity index (χ3n) is 5.74. The molecule has 0 radical (unpaired) electrons. The zero-order valence-corrected chi connectivity index (χ0v) is 16.6. The number of nitro benzene ring substituents is 1. The van der Waals surface area contributed by atoms with Crippen LogP contribution in [0.1, 0.15) is 49.4 Å². The van der Waals surface area contributed by atoms with Gasteiger partial charge in [0, 0.05) is 11.6 Å². The molecule has 5 nitrogen and oxygen atoms in total. The van der Waals surface area contributed by atoms with E-state index in [1.807, 2.05) is 26.8 Å². The number of nitro groups is 1. The molecule has 2 aromatic rings. The van der Waals surface area contributed by atoms with Crippen molar-refractivity contribution in [3.63, 3.8) is 0 Å². The number of benzene rings is 2. The topological polar surface area (TPSA) is 69.4 Å². The number of hydrogen-bond donors (Lipinski definition) is 0. The van der Waals surface area contributed by atoms with Gasteiger partial charge in [0.2, 0.25) is 0 Å². The Balaban J connectivity index is 1.72. The normalized spacial score (nSPS) is 17.9. The lowest BCUT2D eigenvalue weighted by Gasteiger charge is -2.31. The highest BCUT2D eigenvalue weighted by Crippen LogP contribution is 2.42. The van der Waals surface area contributed by atoms with Gasteiger partial charge < -0.3 is 4.74 Å². The zero-order valence-electron chi connectivity index (χ0n) is 16.6. The van der Waals surface area contributed by atoms with E-state index in [-0.39, 0.29) is 22.5 Å². The first-order valence-corrected chi connectivity index (χ1v) is 9.88. The molecule has 0 N–H and O–H groups in total. The molecule has 28 heavy (non-hydrogen) atoms. The number of ether oxygens (including phenoxy) is 1. The van der Waals surface area contributed by atoms with E-state index < -0.39 is 5.60 Å². The number of fused-ring (bicyclic) bond motifs is 5. The number of nitrogens with zero attached hydrogens (tertiary/aromatic N) is 1. The lowest BCUT2D eigenvalue weighted by atomic mass is 9.75. The predicted octanol–water partition coefficient (Wildman–Crippen LogP) is 4.81. The van der Waals surface area contributed by atoms with Crippen molar-refractivity contribution in [1.29, 1.82) is 0 Å². The molecule has 0 heterocycles. The van der Waals surface area contributed by atoms with Gasteiger partial charge in [0.1, 0.15) is 5.60 Å². The fourth-order valence-electron chi connectivity index (χ4n) is 4.54. The fraction of sp³-hybridized carbons (Fsp3) is 0.435. The summed E-state index contributed by atoms with van der Waals surface area (Å²) in [7, 11) is 0. The van der Waals surface area contributed by atoms with E-state index in [1.165, 1.54) is 16.7 Å². The zero-order chi connectivity index (χ0) is 20.1. The van der Waals surface area contributed by atoms with E-state index in [1.54, 1.807) is 12.1 Å². The van der Waals surface area contributed by atoms with Crippen molar-refractivity contribution in [2.24, 2.45) is 5.92 Å². The van der Waals surface area contributed by atoms with E-state index >= 15 is 0 Å². The molecule has 146 valence electrons. The highest BCUT2D eigenvalue weighted by atomic mass is 16.6. The van der Waals surface area contributed by atoms with E-state index in [9.17, 15) is 14.9 Å². The highest BCUT2D eigenvalue weighted by Gasteiger charge is 2.32. The van der Waals surface area contributed by atoms with Crippen LogP contribution in [0.25, 0.3) is 11.1 Å². The first kappa shape index (κ1) is 18.7. The van der Waals surface area contributed by atoms with Crippen molar-refractivity contribution in [2.75, 3.05) is 0 Å². The summed E-state index contributed by atoms with van der Waals surface area (Å²) in [6.07, 6.45) is 3.80. The molecule has 0 aromatic heterocycles. The van der Waals surface area contributed by atoms with Crippen molar-refractivity contribution in [3.8, 4) is 11.1 Å². The molecule has 2 aliphatic carbocycles. The van der Waals surface area contributed by atoms with Crippen molar-refractivity contribution >= 4 is 11.7 Å². The average molecular weight is 379 g/mol. The summed E-state index contributed by atoms with van der Waals surface area (Å²) in [4.78, 5) is 23.7. The molecular formula is C23H25NO4. The summed E-state index contributed by atoms with van der Waals surface area (Å²) in [5.41, 5.74) is 6.37. The molecule has 5 heteroatoms. The first-order chi connectivity index (χ1) is 13.2. The van der Waals surface area contributed by atoms with Gasteiger partial charge in [-0.15, -0.1) is 0 Å². The molecule has 0 amide bonds. The Morgan fingerprint density at radius 2 is 1.75 bits per heavy atom. The average Bonchev–Trinajstić information content (AvgIpc) is 2.65. The summed E-state index contributed by atoms with van der Waals surface area (Å²) >= 11 is 0. The van der Waals surface area contributed by atoms with Gasteiger partial charge in [0.05, 0.1) is 10.8 Å². The minimum absolute atomic E-state index is 0.121. The minimum atomic E-state index is -0.481. The SMILES string of the molecule is CC(C)(C)OC(=O)C1CCc2ccc3c(c2C1)CCc1c-3cccc1[N+](=O)[O-]. The number of carbonyl (C=O) groups is 1. The second-order valence-corrected chi connectivity index (χ2v) is 8.76. The Morgan fingerprint density at radius 3 is 2.46 bits per heavy atom. The summed E-state index contributed by atoms with van der Waals surface area (Å²) in [6, 6.07) is 9.55. The Morgan fingerprint density at radius 1 is 1.04 bits per heavy atom. The van der Waals surface area contributed by atoms with Gasteiger partial charge in [-0.3, -0.25) is 14.9 Å². The van der Waals surface area contributed by atoms with Gasteiger partial charge in [-0.25, -0.2) is 0 Å². The second kappa shape index (κ2) is 6.73. The Labute approximate surface area is 164 Å². The molecular weight excluding hydrogens is 354 g/mol. The molecule has 1 atom stereocenters. The number of aryl methyl sites for hydroxylation is 1. The van der Waals surface area contributed by atoms with Crippen LogP contribution in [0, 0.1) is 16.0 Å². The Kier molecular flexibility index (Phi) is 4.48. The largest absolute Gasteiger partial charge is 0.460 e. The smallest absolute Gasteiger partial charge is 0.309 e. The molecule has 4 rings (SSSR count). The van der Waals surface area contributed by atoms with Crippen molar-refractivity contribution in [3.05, 3.63) is 62.7 Å². The predicted molar refractivity (Wildman–Crippen MR) is 107 cm³/mol. The monoisotopic (exact) mass is 379 g/mol. The van der Waals surface area contributed by atoms with Crippen LogP contribution in [0.3, 0.4) is 0 Å². The van der Waals surface area contributed by atoms with E-state index in [2.05, 4.69) is 12.1 Å². The number of carbonyl (C=O) groups excluding carboxylic acids is 1. The van der Waals surface area contributed by atoms with Gasteiger partial charge in [-0.05, 0) is 80.7 Å². The maximum Gasteiger partial charge on any atom is 0.309 e. The van der Waals surface area contributed by atoms with Gasteiger partial charge in [-0.1, -0.05) is 24.3 Å². The van der Waals surface area contributed by atoms with Crippen LogP contribution in [0.2, 0.25) is 0 Å².